The van der Waals surface area contributed by atoms with Crippen LogP contribution in [0.4, 0.5) is 0 Å². The van der Waals surface area contributed by atoms with E-state index in [1.165, 1.54) is 10.5 Å². The molecule has 0 aliphatic rings. The molecule has 0 spiro atoms. The van der Waals surface area contributed by atoms with E-state index in [0.29, 0.717) is 11.7 Å². The molecule has 100 valence electrons. The van der Waals surface area contributed by atoms with Crippen molar-refractivity contribution < 1.29 is 4.79 Å². The summed E-state index contributed by atoms with van der Waals surface area (Å²) in [4.78, 5) is 12.7. The van der Waals surface area contributed by atoms with Gasteiger partial charge < -0.3 is 0 Å². The molecule has 1 aromatic carbocycles. The number of amides is 1. The van der Waals surface area contributed by atoms with Crippen molar-refractivity contribution in [1.82, 2.24) is 5.43 Å². The Bertz CT molecular complexity index is 399. The Morgan fingerprint density at radius 3 is 2.33 bits per heavy atom. The van der Waals surface area contributed by atoms with Crippen molar-refractivity contribution in [1.29, 1.82) is 0 Å². The third-order valence-corrected chi connectivity index (χ3v) is 4.36. The predicted octanol–water partition coefficient (Wildman–Crippen LogP) is 2.92. The van der Waals surface area contributed by atoms with E-state index in [-0.39, 0.29) is 5.91 Å². The van der Waals surface area contributed by atoms with Crippen LogP contribution in [0.25, 0.3) is 0 Å². The lowest BCUT2D eigenvalue weighted by Crippen LogP contribution is -2.42. The zero-order chi connectivity index (χ0) is 13.8. The normalized spacial score (nSPS) is 11.7. The molecule has 0 aliphatic carbocycles. The van der Waals surface area contributed by atoms with Crippen LogP contribution in [0, 0.1) is 5.41 Å². The number of nitrogens with one attached hydrogen (secondary N) is 1. The fourth-order valence-electron chi connectivity index (χ4n) is 1.47. The smallest absolute Gasteiger partial charge is 0.240 e. The molecule has 1 aromatic rings. The van der Waals surface area contributed by atoms with E-state index in [2.05, 4.69) is 43.5 Å². The van der Waals surface area contributed by atoms with Gasteiger partial charge in [-0.25, -0.2) is 5.84 Å². The van der Waals surface area contributed by atoms with Crippen molar-refractivity contribution >= 4 is 17.7 Å². The maximum Gasteiger partial charge on any atom is 0.240 e. The molecule has 1 rings (SSSR count). The number of benzene rings is 1. The lowest BCUT2D eigenvalue weighted by Gasteiger charge is -2.21. The maximum atomic E-state index is 11.5. The Morgan fingerprint density at radius 2 is 1.89 bits per heavy atom. The first-order chi connectivity index (χ1) is 8.36. The number of rotatable bonds is 5. The summed E-state index contributed by atoms with van der Waals surface area (Å²) < 4.78 is 0. The minimum atomic E-state index is -0.462. The Balaban J connectivity index is 2.61. The average Bonchev–Trinajstić information content (AvgIpc) is 2.35. The minimum absolute atomic E-state index is 0.131. The standard InChI is InChI=1S/C14H22N2OS/c1-10(2)11-5-7-12(8-6-11)18-9-14(3,4)13(17)16-15/h5-8,10H,9,15H2,1-4H3,(H,16,17). The first-order valence-corrected chi connectivity index (χ1v) is 7.09. The predicted molar refractivity (Wildman–Crippen MR) is 77.4 cm³/mol. The van der Waals surface area contributed by atoms with E-state index in [4.69, 9.17) is 5.84 Å². The van der Waals surface area contributed by atoms with Gasteiger partial charge in [0.05, 0.1) is 5.41 Å². The molecule has 0 radical (unpaired) electrons. The summed E-state index contributed by atoms with van der Waals surface area (Å²) in [5, 5.41) is 0. The van der Waals surface area contributed by atoms with Gasteiger partial charge in [0.15, 0.2) is 0 Å². The third-order valence-electron chi connectivity index (χ3n) is 2.89. The van der Waals surface area contributed by atoms with Gasteiger partial charge in [-0.15, -0.1) is 11.8 Å². The summed E-state index contributed by atoms with van der Waals surface area (Å²) in [5.41, 5.74) is 3.08. The highest BCUT2D eigenvalue weighted by Gasteiger charge is 2.26. The van der Waals surface area contributed by atoms with Crippen LogP contribution < -0.4 is 11.3 Å². The number of thioether (sulfide) groups is 1. The average molecular weight is 266 g/mol. The van der Waals surface area contributed by atoms with Gasteiger partial charge in [0, 0.05) is 10.6 Å². The molecule has 1 amide bonds. The Labute approximate surface area is 113 Å². The van der Waals surface area contributed by atoms with E-state index in [1.54, 1.807) is 11.8 Å². The van der Waals surface area contributed by atoms with Crippen LogP contribution in [0.15, 0.2) is 29.2 Å². The molecular weight excluding hydrogens is 244 g/mol. The second-order valence-electron chi connectivity index (χ2n) is 5.37. The monoisotopic (exact) mass is 266 g/mol. The SMILES string of the molecule is CC(C)c1ccc(SCC(C)(C)C(=O)NN)cc1. The van der Waals surface area contributed by atoms with Crippen molar-refractivity contribution in [3.63, 3.8) is 0 Å². The van der Waals surface area contributed by atoms with E-state index in [0.717, 1.165) is 0 Å². The van der Waals surface area contributed by atoms with Crippen LogP contribution in [0.5, 0.6) is 0 Å². The van der Waals surface area contributed by atoms with Crippen LogP contribution in [0.2, 0.25) is 0 Å². The molecule has 0 aliphatic heterocycles. The van der Waals surface area contributed by atoms with Crippen molar-refractivity contribution in [2.45, 2.75) is 38.5 Å². The van der Waals surface area contributed by atoms with E-state index in [9.17, 15) is 4.79 Å². The fourth-order valence-corrected chi connectivity index (χ4v) is 2.46. The summed E-state index contributed by atoms with van der Waals surface area (Å²) in [6.07, 6.45) is 0. The zero-order valence-electron chi connectivity index (χ0n) is 11.5. The van der Waals surface area contributed by atoms with Crippen molar-refractivity contribution in [2.24, 2.45) is 11.3 Å². The van der Waals surface area contributed by atoms with Gasteiger partial charge in [-0.1, -0.05) is 39.8 Å². The van der Waals surface area contributed by atoms with Crippen molar-refractivity contribution in [2.75, 3.05) is 5.75 Å². The van der Waals surface area contributed by atoms with E-state index >= 15 is 0 Å². The topological polar surface area (TPSA) is 55.1 Å². The van der Waals surface area contributed by atoms with Crippen LogP contribution in [-0.2, 0) is 4.79 Å². The van der Waals surface area contributed by atoms with Gasteiger partial charge in [0.25, 0.3) is 0 Å². The highest BCUT2D eigenvalue weighted by Crippen LogP contribution is 2.28. The molecular formula is C14H22N2OS. The molecule has 0 atom stereocenters. The van der Waals surface area contributed by atoms with Gasteiger partial charge in [-0.2, -0.15) is 0 Å². The van der Waals surface area contributed by atoms with Gasteiger partial charge in [0.1, 0.15) is 0 Å². The van der Waals surface area contributed by atoms with Crippen LogP contribution in [0.3, 0.4) is 0 Å². The van der Waals surface area contributed by atoms with Gasteiger partial charge in [0.2, 0.25) is 5.91 Å². The minimum Gasteiger partial charge on any atom is -0.294 e. The van der Waals surface area contributed by atoms with Gasteiger partial charge in [-0.05, 0) is 23.6 Å². The Morgan fingerprint density at radius 1 is 1.33 bits per heavy atom. The summed E-state index contributed by atoms with van der Waals surface area (Å²) in [6, 6.07) is 8.50. The van der Waals surface area contributed by atoms with Crippen LogP contribution in [0.1, 0.15) is 39.2 Å². The Kier molecular flexibility index (Phi) is 5.23. The van der Waals surface area contributed by atoms with Crippen molar-refractivity contribution in [3.05, 3.63) is 29.8 Å². The number of hydrazine groups is 1. The third kappa shape index (κ3) is 4.03. The molecule has 3 nitrogen and oxygen atoms in total. The van der Waals surface area contributed by atoms with Crippen LogP contribution >= 0.6 is 11.8 Å². The summed E-state index contributed by atoms with van der Waals surface area (Å²) in [5.74, 6) is 6.29. The number of carbonyl (C=O) groups is 1. The molecule has 4 heteroatoms. The fraction of sp³-hybridized carbons (Fsp3) is 0.500. The first kappa shape index (κ1) is 15.1. The lowest BCUT2D eigenvalue weighted by atomic mass is 9.96. The first-order valence-electron chi connectivity index (χ1n) is 6.10. The molecule has 0 heterocycles. The lowest BCUT2D eigenvalue weighted by molar-refractivity contribution is -0.128. The largest absolute Gasteiger partial charge is 0.294 e. The van der Waals surface area contributed by atoms with Gasteiger partial charge in [-0.3, -0.25) is 10.2 Å². The Hall–Kier alpha value is -1.00. The summed E-state index contributed by atoms with van der Waals surface area (Å²) in [6.45, 7) is 8.14. The molecule has 0 aromatic heterocycles. The maximum absolute atomic E-state index is 11.5. The second-order valence-corrected chi connectivity index (χ2v) is 6.42. The highest BCUT2D eigenvalue weighted by molar-refractivity contribution is 7.99. The van der Waals surface area contributed by atoms with Crippen molar-refractivity contribution in [3.8, 4) is 0 Å². The molecule has 18 heavy (non-hydrogen) atoms. The van der Waals surface area contributed by atoms with E-state index < -0.39 is 5.41 Å². The second kappa shape index (κ2) is 6.25. The summed E-state index contributed by atoms with van der Waals surface area (Å²) >= 11 is 1.68. The molecule has 0 saturated carbocycles. The van der Waals surface area contributed by atoms with Gasteiger partial charge >= 0.3 is 0 Å². The van der Waals surface area contributed by atoms with E-state index in [1.807, 2.05) is 13.8 Å². The quantitative estimate of drug-likeness (QED) is 0.373. The number of hydrogen-bond acceptors (Lipinski definition) is 3. The molecule has 0 saturated heterocycles. The number of nitrogens with two attached hydrogens (primary N) is 1. The molecule has 0 bridgehead atoms. The zero-order valence-corrected chi connectivity index (χ0v) is 12.3. The molecule has 3 N–H and O–H groups in total. The number of hydrogen-bond donors (Lipinski definition) is 2. The molecule has 0 fully saturated rings. The molecule has 0 unspecified atom stereocenters. The van der Waals surface area contributed by atoms with Crippen LogP contribution in [-0.4, -0.2) is 11.7 Å². The highest BCUT2D eigenvalue weighted by atomic mass is 32.2. The number of carbonyl (C=O) groups excluding carboxylic acids is 1. The summed E-state index contributed by atoms with van der Waals surface area (Å²) in [7, 11) is 0.